The Morgan fingerprint density at radius 1 is 1.06 bits per heavy atom. The Morgan fingerprint density at radius 3 is 2.55 bits per heavy atom. The van der Waals surface area contributed by atoms with Crippen LogP contribution in [0, 0.1) is 5.92 Å². The highest BCUT2D eigenvalue weighted by Crippen LogP contribution is 2.41. The lowest BCUT2D eigenvalue weighted by molar-refractivity contribution is -0.250. The molecule has 0 aromatic heterocycles. The molecule has 8 atom stereocenters. The van der Waals surface area contributed by atoms with E-state index < -0.39 is 54.8 Å². The maximum Gasteiger partial charge on any atom is 0.190 e. The minimum Gasteiger partial charge on any atom is -0.393 e. The smallest absolute Gasteiger partial charge is 0.190 e. The molecule has 1 aromatic carbocycles. The van der Waals surface area contributed by atoms with Crippen LogP contribution in [0.15, 0.2) is 42.5 Å². The molecule has 3 heterocycles. The van der Waals surface area contributed by atoms with Crippen LogP contribution < -0.4 is 0 Å². The molecule has 0 unspecified atom stereocenters. The van der Waals surface area contributed by atoms with Gasteiger partial charge in [-0.15, -0.1) is 0 Å². The number of aliphatic hydroxyl groups excluding tert-OH is 2. The van der Waals surface area contributed by atoms with Gasteiger partial charge in [-0.1, -0.05) is 42.5 Å². The van der Waals surface area contributed by atoms with Gasteiger partial charge >= 0.3 is 0 Å². The van der Waals surface area contributed by atoms with Crippen LogP contribution in [0.2, 0.25) is 0 Å². The zero-order chi connectivity index (χ0) is 22.0. The van der Waals surface area contributed by atoms with Crippen LogP contribution in [0.5, 0.6) is 0 Å². The normalized spacial score (nSPS) is 37.6. The number of benzene rings is 1. The van der Waals surface area contributed by atoms with Gasteiger partial charge in [-0.25, -0.2) is 0 Å². The van der Waals surface area contributed by atoms with Crippen LogP contribution in [0.1, 0.15) is 26.3 Å². The Hall–Kier alpha value is -1.36. The van der Waals surface area contributed by atoms with Crippen molar-refractivity contribution in [3.63, 3.8) is 0 Å². The van der Waals surface area contributed by atoms with E-state index in [1.54, 1.807) is 6.08 Å². The summed E-state index contributed by atoms with van der Waals surface area (Å²) >= 11 is 0. The Labute approximate surface area is 182 Å². The van der Waals surface area contributed by atoms with Crippen molar-refractivity contribution >= 4 is 0 Å². The van der Waals surface area contributed by atoms with Gasteiger partial charge in [-0.05, 0) is 26.3 Å². The van der Waals surface area contributed by atoms with E-state index in [1.807, 2.05) is 57.2 Å². The molecule has 2 fully saturated rings. The summed E-state index contributed by atoms with van der Waals surface area (Å²) in [5, 5.41) is 20.7. The van der Waals surface area contributed by atoms with Crippen molar-refractivity contribution in [1.82, 2.24) is 0 Å². The summed E-state index contributed by atoms with van der Waals surface area (Å²) in [6.07, 6.45) is -0.992. The minimum atomic E-state index is -0.992. The lowest BCUT2D eigenvalue weighted by Crippen LogP contribution is -2.50. The van der Waals surface area contributed by atoms with Gasteiger partial charge in [0.2, 0.25) is 0 Å². The first-order valence-electron chi connectivity index (χ1n) is 10.8. The van der Waals surface area contributed by atoms with Gasteiger partial charge in [0.05, 0.1) is 25.2 Å². The van der Waals surface area contributed by atoms with Gasteiger partial charge in [0.15, 0.2) is 18.4 Å². The van der Waals surface area contributed by atoms with Crippen molar-refractivity contribution in [2.24, 2.45) is 5.92 Å². The Kier molecular flexibility index (Phi) is 7.10. The molecule has 31 heavy (non-hydrogen) atoms. The summed E-state index contributed by atoms with van der Waals surface area (Å²) in [6.45, 7) is 6.10. The molecule has 3 aliphatic rings. The predicted octanol–water partition coefficient (Wildman–Crippen LogP) is 1.74. The average molecular weight is 437 g/mol. The lowest BCUT2D eigenvalue weighted by Gasteiger charge is -2.37. The molecular weight excluding hydrogens is 404 g/mol. The monoisotopic (exact) mass is 436 g/mol. The van der Waals surface area contributed by atoms with Gasteiger partial charge in [0.25, 0.3) is 0 Å². The molecule has 2 N–H and O–H groups in total. The van der Waals surface area contributed by atoms with Crippen LogP contribution in [-0.4, -0.2) is 72.3 Å². The van der Waals surface area contributed by atoms with Crippen molar-refractivity contribution in [3.8, 4) is 0 Å². The van der Waals surface area contributed by atoms with Crippen molar-refractivity contribution in [3.05, 3.63) is 48.0 Å². The fourth-order valence-electron chi connectivity index (χ4n) is 4.30. The molecule has 4 rings (SSSR count). The van der Waals surface area contributed by atoms with Crippen molar-refractivity contribution < 1.29 is 38.6 Å². The van der Waals surface area contributed by atoms with Crippen molar-refractivity contribution in [2.45, 2.75) is 76.3 Å². The minimum absolute atomic E-state index is 0.160. The van der Waals surface area contributed by atoms with Crippen molar-refractivity contribution in [1.29, 1.82) is 0 Å². The van der Waals surface area contributed by atoms with E-state index in [2.05, 4.69) is 0 Å². The molecule has 0 saturated carbocycles. The fourth-order valence-corrected chi connectivity index (χ4v) is 4.30. The summed E-state index contributed by atoms with van der Waals surface area (Å²) in [6, 6.07) is 9.81. The van der Waals surface area contributed by atoms with Gasteiger partial charge in [-0.2, -0.15) is 0 Å². The van der Waals surface area contributed by atoms with Crippen molar-refractivity contribution in [2.75, 3.05) is 13.2 Å². The number of ether oxygens (including phenoxy) is 6. The second kappa shape index (κ2) is 9.64. The third-order valence-corrected chi connectivity index (χ3v) is 5.73. The number of aliphatic hydroxyl groups is 2. The lowest BCUT2D eigenvalue weighted by atomic mass is 9.91. The van der Waals surface area contributed by atoms with Crippen LogP contribution in [-0.2, 0) is 35.0 Å². The zero-order valence-electron chi connectivity index (χ0n) is 18.1. The highest BCUT2D eigenvalue weighted by Gasteiger charge is 2.58. The summed E-state index contributed by atoms with van der Waals surface area (Å²) in [5.41, 5.74) is 1.01. The standard InChI is InChI=1S/C23H32O8/c1-4-26-21-16(11-10-15(12-24)28-21)17(25)18-19(27-13-14-8-6-5-7-9-14)20-22(29-18)31-23(2,3)30-20/h5-11,15-22,24-25H,4,12-13H2,1-3H3/t15-,16+,17-,18+,19-,20+,21-,22+/m0/s1. The molecule has 0 radical (unpaired) electrons. The van der Waals surface area contributed by atoms with E-state index in [4.69, 9.17) is 28.4 Å². The highest BCUT2D eigenvalue weighted by atomic mass is 16.8. The van der Waals surface area contributed by atoms with E-state index in [1.165, 1.54) is 0 Å². The first kappa shape index (κ1) is 22.8. The zero-order valence-corrected chi connectivity index (χ0v) is 18.1. The molecular formula is C23H32O8. The molecule has 0 bridgehead atoms. The first-order valence-corrected chi connectivity index (χ1v) is 10.8. The molecule has 8 heteroatoms. The molecule has 172 valence electrons. The van der Waals surface area contributed by atoms with Crippen LogP contribution >= 0.6 is 0 Å². The predicted molar refractivity (Wildman–Crippen MR) is 110 cm³/mol. The Balaban J connectivity index is 1.53. The molecule has 3 aliphatic heterocycles. The van der Waals surface area contributed by atoms with Gasteiger partial charge < -0.3 is 38.6 Å². The Bertz CT molecular complexity index is 738. The Morgan fingerprint density at radius 2 is 1.84 bits per heavy atom. The van der Waals surface area contributed by atoms with Gasteiger partial charge in [0, 0.05) is 6.61 Å². The number of rotatable bonds is 8. The largest absolute Gasteiger partial charge is 0.393 e. The quantitative estimate of drug-likeness (QED) is 0.595. The summed E-state index contributed by atoms with van der Waals surface area (Å²) in [7, 11) is 0. The van der Waals surface area contributed by atoms with Crippen LogP contribution in [0.25, 0.3) is 0 Å². The van der Waals surface area contributed by atoms with E-state index >= 15 is 0 Å². The summed E-state index contributed by atoms with van der Waals surface area (Å²) in [4.78, 5) is 0. The molecule has 1 aromatic rings. The fraction of sp³-hybridized carbons (Fsp3) is 0.652. The first-order chi connectivity index (χ1) is 14.9. The number of hydrogen-bond donors (Lipinski definition) is 2. The maximum atomic E-state index is 11.3. The van der Waals surface area contributed by atoms with E-state index in [0.29, 0.717) is 13.2 Å². The summed E-state index contributed by atoms with van der Waals surface area (Å²) in [5.74, 6) is -1.29. The second-order valence-electron chi connectivity index (χ2n) is 8.46. The van der Waals surface area contributed by atoms with E-state index in [0.717, 1.165) is 5.56 Å². The third kappa shape index (κ3) is 5.02. The number of hydrogen-bond acceptors (Lipinski definition) is 8. The maximum absolute atomic E-state index is 11.3. The van der Waals surface area contributed by atoms with Crippen LogP contribution in [0.3, 0.4) is 0 Å². The van der Waals surface area contributed by atoms with E-state index in [9.17, 15) is 10.2 Å². The SMILES string of the molecule is CCO[C@H]1O[C@H](CO)C=C[C@@H]1[C@H](O)[C@H]1O[C@@H]2OC(C)(C)O[C@@H]2[C@H]1OCc1ccccc1. The highest BCUT2D eigenvalue weighted by molar-refractivity contribution is 5.14. The van der Waals surface area contributed by atoms with Crippen LogP contribution in [0.4, 0.5) is 0 Å². The molecule has 2 saturated heterocycles. The van der Waals surface area contributed by atoms with Gasteiger partial charge in [0.1, 0.15) is 24.4 Å². The molecule has 0 spiro atoms. The average Bonchev–Trinajstić information content (AvgIpc) is 3.24. The molecule has 8 nitrogen and oxygen atoms in total. The molecule has 0 amide bonds. The van der Waals surface area contributed by atoms with Gasteiger partial charge in [-0.3, -0.25) is 0 Å². The van der Waals surface area contributed by atoms with E-state index in [-0.39, 0.29) is 6.61 Å². The summed E-state index contributed by atoms with van der Waals surface area (Å²) < 4.78 is 35.7. The number of fused-ring (bicyclic) bond motifs is 1. The third-order valence-electron chi connectivity index (χ3n) is 5.73. The topological polar surface area (TPSA) is 95.8 Å². The molecule has 0 aliphatic carbocycles. The second-order valence-corrected chi connectivity index (χ2v) is 8.46.